The summed E-state index contributed by atoms with van der Waals surface area (Å²) >= 11 is 0. The van der Waals surface area contributed by atoms with Crippen LogP contribution in [-0.2, 0) is 9.16 Å². The third-order valence-electron chi connectivity index (χ3n) is 3.79. The van der Waals surface area contributed by atoms with Crippen molar-refractivity contribution in [3.8, 4) is 0 Å². The van der Waals surface area contributed by atoms with Gasteiger partial charge in [-0.3, -0.25) is 0 Å². The summed E-state index contributed by atoms with van der Waals surface area (Å²) < 4.78 is 10.7. The lowest BCUT2D eigenvalue weighted by molar-refractivity contribution is 0.156. The Balaban J connectivity index is 2.36. The molecule has 0 unspecified atom stereocenters. The number of cyclic esters (lactones) is 1. The van der Waals surface area contributed by atoms with Gasteiger partial charge in [0.05, 0.1) is 18.8 Å². The molecule has 110 valence electrons. The zero-order chi connectivity index (χ0) is 14.7. The molecular weight excluding hydrogens is 262 g/mol. The number of aliphatic hydroxyl groups excluding tert-OH is 1. The van der Waals surface area contributed by atoms with Gasteiger partial charge < -0.3 is 19.6 Å². The van der Waals surface area contributed by atoms with E-state index in [2.05, 4.69) is 39.2 Å². The standard InChI is InChI=1S/C13H25NO4Si/c1-13(2,3)19(4,5)18-8-6-7-11(15)10-9-17-12(16)14-10/h6-7,10-11,15H,8-9H2,1-5H3,(H,14,16)/b7-6-/t10-,11+/m1/s1. The number of hydrogen-bond acceptors (Lipinski definition) is 4. The summed E-state index contributed by atoms with van der Waals surface area (Å²) in [7, 11) is -1.75. The van der Waals surface area contributed by atoms with Crippen LogP contribution < -0.4 is 5.32 Å². The first kappa shape index (κ1) is 16.2. The Morgan fingerprint density at radius 1 is 1.58 bits per heavy atom. The summed E-state index contributed by atoms with van der Waals surface area (Å²) in [5, 5.41) is 12.5. The summed E-state index contributed by atoms with van der Waals surface area (Å²) in [4.78, 5) is 10.8. The number of carbonyl (C=O) groups is 1. The highest BCUT2D eigenvalue weighted by Crippen LogP contribution is 2.36. The minimum Gasteiger partial charge on any atom is -0.447 e. The van der Waals surface area contributed by atoms with Crippen LogP contribution in [0.2, 0.25) is 18.1 Å². The van der Waals surface area contributed by atoms with E-state index in [1.165, 1.54) is 0 Å². The van der Waals surface area contributed by atoms with E-state index in [1.54, 1.807) is 12.2 Å². The van der Waals surface area contributed by atoms with Crippen LogP contribution in [0.1, 0.15) is 20.8 Å². The maximum atomic E-state index is 10.8. The van der Waals surface area contributed by atoms with E-state index < -0.39 is 20.5 Å². The first-order chi connectivity index (χ1) is 8.63. The van der Waals surface area contributed by atoms with Crippen LogP contribution >= 0.6 is 0 Å². The zero-order valence-electron chi connectivity index (χ0n) is 12.4. The number of amides is 1. The van der Waals surface area contributed by atoms with Gasteiger partial charge in [0.1, 0.15) is 6.61 Å². The van der Waals surface area contributed by atoms with Gasteiger partial charge in [-0.2, -0.15) is 0 Å². The fourth-order valence-corrected chi connectivity index (χ4v) is 2.33. The zero-order valence-corrected chi connectivity index (χ0v) is 13.4. The molecule has 1 saturated heterocycles. The predicted molar refractivity (Wildman–Crippen MR) is 76.6 cm³/mol. The number of rotatable bonds is 5. The van der Waals surface area contributed by atoms with Crippen molar-refractivity contribution in [1.82, 2.24) is 5.32 Å². The van der Waals surface area contributed by atoms with Crippen LogP contribution in [0.25, 0.3) is 0 Å². The average molecular weight is 287 g/mol. The molecule has 1 aliphatic rings. The fourth-order valence-electron chi connectivity index (χ4n) is 1.39. The molecule has 0 aliphatic carbocycles. The second-order valence-corrected chi connectivity index (χ2v) is 11.1. The molecule has 0 spiro atoms. The van der Waals surface area contributed by atoms with Gasteiger partial charge in [0.25, 0.3) is 0 Å². The molecule has 0 aromatic rings. The van der Waals surface area contributed by atoms with Crippen molar-refractivity contribution in [3.05, 3.63) is 12.2 Å². The van der Waals surface area contributed by atoms with Crippen molar-refractivity contribution in [3.63, 3.8) is 0 Å². The summed E-state index contributed by atoms with van der Waals surface area (Å²) in [6.45, 7) is 11.6. The number of nitrogens with one attached hydrogen (secondary N) is 1. The molecule has 0 saturated carbocycles. The molecule has 1 rings (SSSR count). The molecular formula is C13H25NO4Si. The molecule has 0 radical (unpaired) electrons. The SMILES string of the molecule is CC(C)(C)[Si](C)(C)OC/C=C\[C@H](O)[C@H]1COC(=O)N1. The minimum atomic E-state index is -1.75. The van der Waals surface area contributed by atoms with Crippen LogP contribution in [0.5, 0.6) is 0 Å². The first-order valence-corrected chi connectivity index (χ1v) is 9.46. The highest BCUT2D eigenvalue weighted by atomic mass is 28.4. The monoisotopic (exact) mass is 287 g/mol. The number of alkyl carbamates (subject to hydrolysis) is 1. The van der Waals surface area contributed by atoms with Crippen LogP contribution in [0.3, 0.4) is 0 Å². The molecule has 1 fully saturated rings. The molecule has 0 aromatic heterocycles. The molecule has 1 heterocycles. The molecule has 5 nitrogen and oxygen atoms in total. The number of aliphatic hydroxyl groups is 1. The maximum Gasteiger partial charge on any atom is 0.407 e. The van der Waals surface area contributed by atoms with Gasteiger partial charge in [-0.05, 0) is 18.1 Å². The Kier molecular flexibility index (Phi) is 5.17. The Morgan fingerprint density at radius 2 is 2.21 bits per heavy atom. The topological polar surface area (TPSA) is 67.8 Å². The van der Waals surface area contributed by atoms with Gasteiger partial charge in [-0.1, -0.05) is 32.9 Å². The third kappa shape index (κ3) is 4.63. The van der Waals surface area contributed by atoms with Crippen LogP contribution in [0.4, 0.5) is 4.79 Å². The second-order valence-electron chi connectivity index (χ2n) is 6.34. The molecule has 2 N–H and O–H groups in total. The van der Waals surface area contributed by atoms with E-state index in [1.807, 2.05) is 0 Å². The van der Waals surface area contributed by atoms with Crippen molar-refractivity contribution >= 4 is 14.4 Å². The summed E-state index contributed by atoms with van der Waals surface area (Å²) in [6.07, 6.45) is 2.23. The third-order valence-corrected chi connectivity index (χ3v) is 8.29. The van der Waals surface area contributed by atoms with E-state index in [0.29, 0.717) is 6.61 Å². The van der Waals surface area contributed by atoms with Crippen molar-refractivity contribution in [1.29, 1.82) is 0 Å². The molecule has 19 heavy (non-hydrogen) atoms. The van der Waals surface area contributed by atoms with Crippen LogP contribution in [-0.4, -0.2) is 44.9 Å². The van der Waals surface area contributed by atoms with E-state index in [9.17, 15) is 9.90 Å². The highest BCUT2D eigenvalue weighted by Gasteiger charge is 2.36. The summed E-state index contributed by atoms with van der Waals surface area (Å²) in [5.74, 6) is 0. The Bertz CT molecular complexity index is 349. The van der Waals surface area contributed by atoms with Crippen LogP contribution in [0.15, 0.2) is 12.2 Å². The van der Waals surface area contributed by atoms with Gasteiger partial charge in [0.15, 0.2) is 8.32 Å². The summed E-state index contributed by atoms with van der Waals surface area (Å²) in [5.41, 5.74) is 0. The highest BCUT2D eigenvalue weighted by molar-refractivity contribution is 6.74. The van der Waals surface area contributed by atoms with E-state index >= 15 is 0 Å². The summed E-state index contributed by atoms with van der Waals surface area (Å²) in [6, 6.07) is -0.364. The average Bonchev–Trinajstić information content (AvgIpc) is 2.69. The first-order valence-electron chi connectivity index (χ1n) is 6.55. The number of ether oxygens (including phenoxy) is 1. The van der Waals surface area contributed by atoms with Gasteiger partial charge in [0.2, 0.25) is 0 Å². The van der Waals surface area contributed by atoms with Gasteiger partial charge in [0, 0.05) is 0 Å². The van der Waals surface area contributed by atoms with Gasteiger partial charge >= 0.3 is 6.09 Å². The fraction of sp³-hybridized carbons (Fsp3) is 0.769. The number of carbonyl (C=O) groups excluding carboxylic acids is 1. The smallest absolute Gasteiger partial charge is 0.407 e. The molecule has 1 aliphatic heterocycles. The van der Waals surface area contributed by atoms with Crippen molar-refractivity contribution in [2.75, 3.05) is 13.2 Å². The Morgan fingerprint density at radius 3 is 2.68 bits per heavy atom. The lowest BCUT2D eigenvalue weighted by atomic mass is 10.2. The number of hydrogen-bond donors (Lipinski definition) is 2. The molecule has 0 aromatic carbocycles. The second kappa shape index (κ2) is 6.07. The van der Waals surface area contributed by atoms with E-state index in [0.717, 1.165) is 0 Å². The van der Waals surface area contributed by atoms with Crippen molar-refractivity contribution in [2.45, 2.75) is 51.0 Å². The minimum absolute atomic E-state index is 0.173. The van der Waals surface area contributed by atoms with Gasteiger partial charge in [-0.15, -0.1) is 0 Å². The van der Waals surface area contributed by atoms with E-state index in [-0.39, 0.29) is 17.7 Å². The lowest BCUT2D eigenvalue weighted by Gasteiger charge is -2.35. The maximum absolute atomic E-state index is 10.8. The normalized spacial score (nSPS) is 22.4. The largest absolute Gasteiger partial charge is 0.447 e. The van der Waals surface area contributed by atoms with Crippen molar-refractivity contribution < 1.29 is 19.1 Å². The molecule has 6 heteroatoms. The molecule has 0 bridgehead atoms. The Hall–Kier alpha value is -0.853. The van der Waals surface area contributed by atoms with Crippen LogP contribution in [0, 0.1) is 0 Å². The van der Waals surface area contributed by atoms with Crippen molar-refractivity contribution in [2.24, 2.45) is 0 Å². The Labute approximate surface area is 116 Å². The predicted octanol–water partition coefficient (Wildman–Crippen LogP) is 2.03. The molecule has 2 atom stereocenters. The van der Waals surface area contributed by atoms with E-state index in [4.69, 9.17) is 9.16 Å². The van der Waals surface area contributed by atoms with Gasteiger partial charge in [-0.25, -0.2) is 4.79 Å². The molecule has 1 amide bonds. The quantitative estimate of drug-likeness (QED) is 0.600. The lowest BCUT2D eigenvalue weighted by Crippen LogP contribution is -2.40.